The first-order chi connectivity index (χ1) is 9.54. The van der Waals surface area contributed by atoms with Gasteiger partial charge in [0.2, 0.25) is 0 Å². The van der Waals surface area contributed by atoms with E-state index in [4.69, 9.17) is 22.5 Å². The van der Waals surface area contributed by atoms with Crippen LogP contribution < -0.4 is 0 Å². The summed E-state index contributed by atoms with van der Waals surface area (Å²) in [4.78, 5) is 16.8. The van der Waals surface area contributed by atoms with Gasteiger partial charge in [0.15, 0.2) is 7.37 Å². The minimum atomic E-state index is -2.64. The molecule has 0 aromatic heterocycles. The maximum atomic E-state index is 9.77. The van der Waals surface area contributed by atoms with Gasteiger partial charge in [-0.3, -0.25) is 4.57 Å². The molecule has 0 aliphatic rings. The predicted octanol–water partition coefficient (Wildman–Crippen LogP) is 3.93. The van der Waals surface area contributed by atoms with Gasteiger partial charge in [0.05, 0.1) is 0 Å². The summed E-state index contributed by atoms with van der Waals surface area (Å²) in [6.45, 7) is 14.4. The minimum absolute atomic E-state index is 0.314. The number of terminal acetylenes is 2. The van der Waals surface area contributed by atoms with Crippen LogP contribution in [-0.4, -0.2) is 38.7 Å². The van der Waals surface area contributed by atoms with Crippen molar-refractivity contribution in [1.29, 1.82) is 0 Å². The third-order valence-corrected chi connectivity index (χ3v) is 2.34. The molecule has 0 aliphatic heterocycles. The SMILES string of the molecule is C#CCC.C#CCC(C)(C)C.CO[Si](C)(C)O.CP(C)(=O)O. The number of hydrogen-bond acceptors (Lipinski definition) is 3. The van der Waals surface area contributed by atoms with Gasteiger partial charge in [-0.15, -0.1) is 24.7 Å². The monoisotopic (exact) mass is 350 g/mol. The molecule has 0 rings (SSSR count). The Balaban J connectivity index is -0.000000100. The van der Waals surface area contributed by atoms with Gasteiger partial charge in [-0.1, -0.05) is 27.7 Å². The van der Waals surface area contributed by atoms with Gasteiger partial charge < -0.3 is 14.1 Å². The quantitative estimate of drug-likeness (QED) is 0.427. The Labute approximate surface area is 139 Å². The highest BCUT2D eigenvalue weighted by Crippen LogP contribution is 2.27. The van der Waals surface area contributed by atoms with E-state index in [2.05, 4.69) is 37.0 Å². The molecule has 0 saturated carbocycles. The number of rotatable bonds is 1. The average molecular weight is 351 g/mol. The second-order valence-electron chi connectivity index (χ2n) is 6.44. The second-order valence-corrected chi connectivity index (χ2v) is 12.3. The molecule has 2 N–H and O–H groups in total. The summed E-state index contributed by atoms with van der Waals surface area (Å²) in [5.74, 6) is 5.04. The molecule has 22 heavy (non-hydrogen) atoms. The molecule has 132 valence electrons. The minimum Gasteiger partial charge on any atom is -0.411 e. The second kappa shape index (κ2) is 15.3. The fraction of sp³-hybridized carbons (Fsp3) is 0.750. The van der Waals surface area contributed by atoms with Gasteiger partial charge in [0, 0.05) is 33.3 Å². The normalized spacial score (nSPS) is 10.2. The molecule has 0 amide bonds. The first kappa shape index (κ1) is 29.5. The van der Waals surface area contributed by atoms with Gasteiger partial charge in [-0.05, 0) is 18.5 Å². The van der Waals surface area contributed by atoms with E-state index in [-0.39, 0.29) is 0 Å². The molecule has 4 nitrogen and oxygen atoms in total. The molecule has 0 aromatic rings. The zero-order valence-corrected chi connectivity index (χ0v) is 17.6. The first-order valence-corrected chi connectivity index (χ1v) is 12.4. The van der Waals surface area contributed by atoms with Crippen LogP contribution in [0.15, 0.2) is 0 Å². The Bertz CT molecular complexity index is 353. The van der Waals surface area contributed by atoms with Crippen molar-refractivity contribution in [2.45, 2.75) is 53.6 Å². The van der Waals surface area contributed by atoms with Crippen molar-refractivity contribution in [2.75, 3.05) is 20.4 Å². The van der Waals surface area contributed by atoms with Crippen LogP contribution in [0.3, 0.4) is 0 Å². The van der Waals surface area contributed by atoms with Crippen LogP contribution in [0.4, 0.5) is 0 Å². The molecular weight excluding hydrogens is 315 g/mol. The standard InChI is InChI=1S/C7H12.C4H6.C3H10O2Si.C2H7O2P/c1-5-6-7(2,3)4;1-3-4-2;1-5-6(2,3)4;1-5(2,3)4/h1H,6H2,2-4H3;1H,4H2,2H3;4H,1-3H3;1-2H3,(H,3,4). The van der Waals surface area contributed by atoms with Crippen LogP contribution >= 0.6 is 7.37 Å². The molecule has 0 heterocycles. The Morgan fingerprint density at radius 3 is 1.41 bits per heavy atom. The summed E-state index contributed by atoms with van der Waals surface area (Å²) >= 11 is 0. The van der Waals surface area contributed by atoms with Crippen molar-refractivity contribution >= 4 is 15.9 Å². The van der Waals surface area contributed by atoms with E-state index in [0.717, 1.165) is 12.8 Å². The highest BCUT2D eigenvalue weighted by atomic mass is 31.2. The van der Waals surface area contributed by atoms with Crippen LogP contribution in [0.2, 0.25) is 13.1 Å². The van der Waals surface area contributed by atoms with Crippen LogP contribution in [0.5, 0.6) is 0 Å². The van der Waals surface area contributed by atoms with E-state index in [1.807, 2.05) is 6.92 Å². The topological polar surface area (TPSA) is 66.8 Å². The van der Waals surface area contributed by atoms with E-state index in [1.54, 1.807) is 13.1 Å². The van der Waals surface area contributed by atoms with E-state index in [1.165, 1.54) is 20.4 Å². The highest BCUT2D eigenvalue weighted by Gasteiger charge is 2.14. The van der Waals surface area contributed by atoms with Crippen molar-refractivity contribution in [1.82, 2.24) is 0 Å². The lowest BCUT2D eigenvalue weighted by Crippen LogP contribution is -2.27. The predicted molar refractivity (Wildman–Crippen MR) is 100 cm³/mol. The van der Waals surface area contributed by atoms with Crippen molar-refractivity contribution < 1.29 is 18.7 Å². The highest BCUT2D eigenvalue weighted by molar-refractivity contribution is 7.56. The summed E-state index contributed by atoms with van der Waals surface area (Å²) in [7, 11) is -3.25. The van der Waals surface area contributed by atoms with Gasteiger partial charge in [0.25, 0.3) is 0 Å². The summed E-state index contributed by atoms with van der Waals surface area (Å²) in [5.41, 5.74) is 0.314. The van der Waals surface area contributed by atoms with Gasteiger partial charge >= 0.3 is 8.56 Å². The average Bonchev–Trinajstić information content (AvgIpc) is 2.25. The van der Waals surface area contributed by atoms with Gasteiger partial charge in [0.1, 0.15) is 0 Å². The maximum absolute atomic E-state index is 9.77. The zero-order valence-electron chi connectivity index (χ0n) is 15.7. The maximum Gasteiger partial charge on any atom is 0.328 e. The molecule has 0 spiro atoms. The van der Waals surface area contributed by atoms with Crippen LogP contribution in [-0.2, 0) is 8.99 Å². The van der Waals surface area contributed by atoms with Crippen molar-refractivity contribution in [3.05, 3.63) is 0 Å². The lowest BCUT2D eigenvalue weighted by atomic mass is 9.93. The third-order valence-electron chi connectivity index (χ3n) is 1.34. The molecule has 6 heteroatoms. The lowest BCUT2D eigenvalue weighted by molar-refractivity contribution is 0.305. The summed E-state index contributed by atoms with van der Waals surface area (Å²) in [6.07, 6.45) is 11.6. The van der Waals surface area contributed by atoms with Crippen LogP contribution in [0, 0.1) is 30.1 Å². The van der Waals surface area contributed by atoms with Crippen molar-refractivity contribution in [2.24, 2.45) is 5.41 Å². The van der Waals surface area contributed by atoms with E-state index >= 15 is 0 Å². The fourth-order valence-electron chi connectivity index (χ4n) is 0.306. The van der Waals surface area contributed by atoms with Crippen LogP contribution in [0.25, 0.3) is 0 Å². The Kier molecular flexibility index (Phi) is 20.5. The smallest absolute Gasteiger partial charge is 0.328 e. The van der Waals surface area contributed by atoms with Gasteiger partial charge in [-0.2, -0.15) is 0 Å². The molecule has 0 fully saturated rings. The zero-order chi connectivity index (χ0) is 19.0. The summed E-state index contributed by atoms with van der Waals surface area (Å²) < 4.78 is 14.4. The van der Waals surface area contributed by atoms with Gasteiger partial charge in [-0.25, -0.2) is 0 Å². The molecule has 0 aliphatic carbocycles. The number of hydrogen-bond donors (Lipinski definition) is 2. The molecule has 0 unspecified atom stereocenters. The van der Waals surface area contributed by atoms with Crippen molar-refractivity contribution in [3.8, 4) is 24.7 Å². The summed E-state index contributed by atoms with van der Waals surface area (Å²) in [6, 6.07) is 0. The molecule has 0 saturated heterocycles. The molecular formula is C16H35O4PSi. The molecule has 0 atom stereocenters. The van der Waals surface area contributed by atoms with E-state index < -0.39 is 15.9 Å². The lowest BCUT2D eigenvalue weighted by Gasteiger charge is -2.11. The van der Waals surface area contributed by atoms with Crippen molar-refractivity contribution in [3.63, 3.8) is 0 Å². The molecule has 0 radical (unpaired) electrons. The summed E-state index contributed by atoms with van der Waals surface area (Å²) in [5, 5.41) is 0. The van der Waals surface area contributed by atoms with E-state index in [9.17, 15) is 4.57 Å². The van der Waals surface area contributed by atoms with E-state index in [0.29, 0.717) is 5.41 Å². The molecule has 0 aromatic carbocycles. The third kappa shape index (κ3) is 119. The Morgan fingerprint density at radius 2 is 1.41 bits per heavy atom. The fourth-order valence-corrected chi connectivity index (χ4v) is 0.306. The molecule has 0 bridgehead atoms. The van der Waals surface area contributed by atoms with Crippen LogP contribution in [0.1, 0.15) is 40.5 Å². The largest absolute Gasteiger partial charge is 0.411 e. The Morgan fingerprint density at radius 1 is 1.18 bits per heavy atom. The first-order valence-electron chi connectivity index (χ1n) is 6.96. The Hall–Kier alpha value is -0.553.